The first-order valence-corrected chi connectivity index (χ1v) is 4.35. The van der Waals surface area contributed by atoms with Crippen LogP contribution in [0, 0.1) is 0 Å². The van der Waals surface area contributed by atoms with Crippen molar-refractivity contribution in [1.29, 1.82) is 0 Å². The summed E-state index contributed by atoms with van der Waals surface area (Å²) in [4.78, 5) is 4.04. The highest BCUT2D eigenvalue weighted by Crippen LogP contribution is 2.17. The molecule has 0 spiro atoms. The standard InChI is InChI=1S/C7H8BrClN2/c1-10-3-5-2-6(9)4-11-7(5)8/h2,4,10H,3H2,1H3. The summed E-state index contributed by atoms with van der Waals surface area (Å²) in [5.74, 6) is 0. The molecule has 0 atom stereocenters. The fourth-order valence-electron chi connectivity index (χ4n) is 0.779. The normalized spacial score (nSPS) is 10.1. The van der Waals surface area contributed by atoms with Gasteiger partial charge in [-0.3, -0.25) is 0 Å². The van der Waals surface area contributed by atoms with Crippen LogP contribution in [0.1, 0.15) is 5.56 Å². The molecule has 0 saturated heterocycles. The average molecular weight is 236 g/mol. The number of rotatable bonds is 2. The van der Waals surface area contributed by atoms with E-state index in [1.165, 1.54) is 0 Å². The molecule has 0 aromatic carbocycles. The van der Waals surface area contributed by atoms with Crippen LogP contribution >= 0.6 is 27.5 Å². The lowest BCUT2D eigenvalue weighted by Crippen LogP contribution is -2.06. The van der Waals surface area contributed by atoms with E-state index in [0.29, 0.717) is 5.02 Å². The van der Waals surface area contributed by atoms with E-state index in [2.05, 4.69) is 26.2 Å². The predicted octanol–water partition coefficient (Wildman–Crippen LogP) is 2.22. The van der Waals surface area contributed by atoms with Crippen LogP contribution in [-0.2, 0) is 6.54 Å². The number of pyridine rings is 1. The van der Waals surface area contributed by atoms with Gasteiger partial charge in [-0.2, -0.15) is 0 Å². The van der Waals surface area contributed by atoms with Gasteiger partial charge < -0.3 is 5.32 Å². The number of nitrogens with one attached hydrogen (secondary N) is 1. The third kappa shape index (κ3) is 2.43. The minimum Gasteiger partial charge on any atom is -0.316 e. The lowest BCUT2D eigenvalue weighted by Gasteiger charge is -2.01. The number of nitrogens with zero attached hydrogens (tertiary/aromatic N) is 1. The summed E-state index contributed by atoms with van der Waals surface area (Å²) in [7, 11) is 1.88. The second-order valence-corrected chi connectivity index (χ2v) is 3.32. The monoisotopic (exact) mass is 234 g/mol. The molecule has 0 radical (unpaired) electrons. The maximum absolute atomic E-state index is 5.74. The van der Waals surface area contributed by atoms with Crippen LogP contribution in [0.3, 0.4) is 0 Å². The van der Waals surface area contributed by atoms with Crippen molar-refractivity contribution >= 4 is 27.5 Å². The Morgan fingerprint density at radius 3 is 3.09 bits per heavy atom. The van der Waals surface area contributed by atoms with Crippen molar-refractivity contribution in [2.75, 3.05) is 7.05 Å². The van der Waals surface area contributed by atoms with Crippen LogP contribution in [-0.4, -0.2) is 12.0 Å². The van der Waals surface area contributed by atoms with Crippen molar-refractivity contribution in [2.45, 2.75) is 6.54 Å². The maximum Gasteiger partial charge on any atom is 0.110 e. The fourth-order valence-corrected chi connectivity index (χ4v) is 1.32. The van der Waals surface area contributed by atoms with Crippen molar-refractivity contribution in [2.24, 2.45) is 0 Å². The van der Waals surface area contributed by atoms with Gasteiger partial charge in [0, 0.05) is 18.3 Å². The Bertz CT molecular complexity index is 252. The summed E-state index contributed by atoms with van der Waals surface area (Å²) in [6.07, 6.45) is 1.62. The number of halogens is 2. The molecule has 0 aliphatic carbocycles. The molecule has 1 aromatic rings. The predicted molar refractivity (Wildman–Crippen MR) is 49.7 cm³/mol. The SMILES string of the molecule is CNCc1cc(Cl)cnc1Br. The van der Waals surface area contributed by atoms with Gasteiger partial charge in [-0.05, 0) is 29.0 Å². The van der Waals surface area contributed by atoms with Crippen LogP contribution in [0.4, 0.5) is 0 Å². The van der Waals surface area contributed by atoms with E-state index in [9.17, 15) is 0 Å². The molecular weight excluding hydrogens is 227 g/mol. The van der Waals surface area contributed by atoms with Gasteiger partial charge in [-0.15, -0.1) is 0 Å². The molecule has 1 heterocycles. The number of aromatic nitrogens is 1. The molecule has 0 fully saturated rings. The Kier molecular flexibility index (Phi) is 3.30. The second kappa shape index (κ2) is 4.04. The molecule has 0 amide bonds. The fraction of sp³-hybridized carbons (Fsp3) is 0.286. The Labute approximate surface area is 79.1 Å². The Morgan fingerprint density at radius 2 is 2.45 bits per heavy atom. The molecule has 60 valence electrons. The third-order valence-corrected chi connectivity index (χ3v) is 2.17. The van der Waals surface area contributed by atoms with E-state index in [1.807, 2.05) is 13.1 Å². The first kappa shape index (κ1) is 8.97. The molecule has 11 heavy (non-hydrogen) atoms. The van der Waals surface area contributed by atoms with E-state index >= 15 is 0 Å². The van der Waals surface area contributed by atoms with Gasteiger partial charge in [0.2, 0.25) is 0 Å². The zero-order chi connectivity index (χ0) is 8.27. The summed E-state index contributed by atoms with van der Waals surface area (Å²) >= 11 is 9.06. The molecule has 0 unspecified atom stereocenters. The summed E-state index contributed by atoms with van der Waals surface area (Å²) in [6, 6.07) is 1.88. The minimum absolute atomic E-state index is 0.665. The molecule has 0 bridgehead atoms. The van der Waals surface area contributed by atoms with Gasteiger partial charge in [0.15, 0.2) is 0 Å². The van der Waals surface area contributed by atoms with Crippen LogP contribution in [0.25, 0.3) is 0 Å². The van der Waals surface area contributed by atoms with Crippen LogP contribution in [0.5, 0.6) is 0 Å². The molecule has 0 saturated carbocycles. The van der Waals surface area contributed by atoms with Crippen LogP contribution < -0.4 is 5.32 Å². The lowest BCUT2D eigenvalue weighted by molar-refractivity contribution is 0.808. The topological polar surface area (TPSA) is 24.9 Å². The zero-order valence-electron chi connectivity index (χ0n) is 6.06. The molecular formula is C7H8BrClN2. The Morgan fingerprint density at radius 1 is 1.73 bits per heavy atom. The molecule has 2 nitrogen and oxygen atoms in total. The van der Waals surface area contributed by atoms with Crippen molar-refractivity contribution in [3.05, 3.63) is 27.5 Å². The Balaban J connectivity index is 2.93. The lowest BCUT2D eigenvalue weighted by atomic mass is 10.3. The van der Waals surface area contributed by atoms with Crippen molar-refractivity contribution < 1.29 is 0 Å². The van der Waals surface area contributed by atoms with E-state index in [4.69, 9.17) is 11.6 Å². The van der Waals surface area contributed by atoms with E-state index < -0.39 is 0 Å². The maximum atomic E-state index is 5.74. The van der Waals surface area contributed by atoms with Gasteiger partial charge in [0.05, 0.1) is 5.02 Å². The highest BCUT2D eigenvalue weighted by atomic mass is 79.9. The van der Waals surface area contributed by atoms with E-state index in [0.717, 1.165) is 16.7 Å². The summed E-state index contributed by atoms with van der Waals surface area (Å²) in [5.41, 5.74) is 1.07. The van der Waals surface area contributed by atoms with Gasteiger partial charge in [-0.25, -0.2) is 4.98 Å². The number of hydrogen-bond donors (Lipinski definition) is 1. The quantitative estimate of drug-likeness (QED) is 0.795. The summed E-state index contributed by atoms with van der Waals surface area (Å²) in [6.45, 7) is 0.772. The third-order valence-electron chi connectivity index (χ3n) is 1.25. The van der Waals surface area contributed by atoms with Gasteiger partial charge in [0.1, 0.15) is 4.60 Å². The molecule has 1 rings (SSSR count). The van der Waals surface area contributed by atoms with Crippen molar-refractivity contribution in [3.8, 4) is 0 Å². The van der Waals surface area contributed by atoms with E-state index in [-0.39, 0.29) is 0 Å². The second-order valence-electron chi connectivity index (χ2n) is 2.13. The minimum atomic E-state index is 0.665. The largest absolute Gasteiger partial charge is 0.316 e. The van der Waals surface area contributed by atoms with Crippen LogP contribution in [0.15, 0.2) is 16.9 Å². The van der Waals surface area contributed by atoms with Crippen LogP contribution in [0.2, 0.25) is 5.02 Å². The highest BCUT2D eigenvalue weighted by molar-refractivity contribution is 9.10. The molecule has 0 aliphatic rings. The Hall–Kier alpha value is -0.120. The van der Waals surface area contributed by atoms with E-state index in [1.54, 1.807) is 6.20 Å². The number of hydrogen-bond acceptors (Lipinski definition) is 2. The smallest absolute Gasteiger partial charge is 0.110 e. The first-order valence-electron chi connectivity index (χ1n) is 3.18. The highest BCUT2D eigenvalue weighted by Gasteiger charge is 1.99. The molecule has 1 aromatic heterocycles. The zero-order valence-corrected chi connectivity index (χ0v) is 8.41. The average Bonchev–Trinajstić information content (AvgIpc) is 1.98. The first-order chi connectivity index (χ1) is 5.24. The van der Waals surface area contributed by atoms with Crippen molar-refractivity contribution in [3.63, 3.8) is 0 Å². The molecule has 1 N–H and O–H groups in total. The van der Waals surface area contributed by atoms with Crippen molar-refractivity contribution in [1.82, 2.24) is 10.3 Å². The van der Waals surface area contributed by atoms with Gasteiger partial charge in [-0.1, -0.05) is 11.6 Å². The molecule has 4 heteroatoms. The van der Waals surface area contributed by atoms with Gasteiger partial charge in [0.25, 0.3) is 0 Å². The summed E-state index contributed by atoms with van der Waals surface area (Å²) in [5, 5.41) is 3.69. The molecule has 0 aliphatic heterocycles. The van der Waals surface area contributed by atoms with Gasteiger partial charge >= 0.3 is 0 Å². The summed E-state index contributed by atoms with van der Waals surface area (Å²) < 4.78 is 0.844.